The fourth-order valence-corrected chi connectivity index (χ4v) is 0. The second-order valence-electron chi connectivity index (χ2n) is 0.586. The first-order valence-corrected chi connectivity index (χ1v) is 1.71. The van der Waals surface area contributed by atoms with Gasteiger partial charge in [-0.2, -0.15) is 10.5 Å². The van der Waals surface area contributed by atoms with Crippen molar-refractivity contribution in [2.45, 2.75) is 6.92 Å². The molecule has 0 heterocycles. The Bertz CT molecular complexity index is 84.1. The van der Waals surface area contributed by atoms with Gasteiger partial charge in [-0.25, -0.2) is 0 Å². The van der Waals surface area contributed by atoms with Gasteiger partial charge in [0.05, 0.1) is 18.7 Å². The van der Waals surface area contributed by atoms with Gasteiger partial charge in [-0.15, -0.1) is 0 Å². The van der Waals surface area contributed by atoms with Crippen molar-refractivity contribution in [3.63, 3.8) is 0 Å². The Morgan fingerprint density at radius 1 is 1.57 bits per heavy atom. The molecule has 3 heteroatoms. The molecule has 0 rings (SSSR count). The van der Waals surface area contributed by atoms with E-state index in [9.17, 15) is 0 Å². The summed E-state index contributed by atoms with van der Waals surface area (Å²) in [4.78, 5) is 0. The monoisotopic (exact) mass is 97.1 g/mol. The van der Waals surface area contributed by atoms with Crippen LogP contribution in [0.3, 0.4) is 0 Å². The average Bonchev–Trinajstić information content (AvgIpc) is 1.69. The van der Waals surface area contributed by atoms with Crippen LogP contribution in [0.4, 0.5) is 0 Å². The van der Waals surface area contributed by atoms with Crippen LogP contribution in [-0.2, 0) is 0 Å². The van der Waals surface area contributed by atoms with E-state index >= 15 is 0 Å². The van der Waals surface area contributed by atoms with Crippen LogP contribution >= 0.6 is 0 Å². The van der Waals surface area contributed by atoms with Gasteiger partial charge in [-0.3, -0.25) is 0 Å². The molecule has 7 heavy (non-hydrogen) atoms. The standard InChI is InChI=1S/C2H4N2.C2H3N/c3-1-2-4;1-2-3/h1,3H2;1H3. The van der Waals surface area contributed by atoms with Crippen LogP contribution in [0.15, 0.2) is 0 Å². The average molecular weight is 97.1 g/mol. The lowest BCUT2D eigenvalue weighted by Crippen LogP contribution is -1.91. The minimum absolute atomic E-state index is 0.125. The van der Waals surface area contributed by atoms with Gasteiger partial charge in [-0.05, 0) is 0 Å². The van der Waals surface area contributed by atoms with E-state index < -0.39 is 0 Å². The number of nitrogens with two attached hydrogens (primary N) is 1. The second kappa shape index (κ2) is 20.4. The van der Waals surface area contributed by atoms with Gasteiger partial charge in [-0.1, -0.05) is 0 Å². The first kappa shape index (κ1) is 9.34. The molecular weight excluding hydrogens is 90.1 g/mol. The van der Waals surface area contributed by atoms with Crippen LogP contribution < -0.4 is 5.73 Å². The predicted octanol–water partition coefficient (Wildman–Crippen LogP) is -0.00144. The molecule has 38 valence electrons. The summed E-state index contributed by atoms with van der Waals surface area (Å²) < 4.78 is 0. The third-order valence-electron chi connectivity index (χ3n) is 0.0913. The molecule has 0 radical (unpaired) electrons. The van der Waals surface area contributed by atoms with Crippen LogP contribution in [0.2, 0.25) is 0 Å². The molecule has 0 aromatic heterocycles. The number of nitrogens with zero attached hydrogens (tertiary/aromatic N) is 2. The van der Waals surface area contributed by atoms with Gasteiger partial charge < -0.3 is 5.73 Å². The van der Waals surface area contributed by atoms with Gasteiger partial charge in [0.15, 0.2) is 0 Å². The maximum Gasteiger partial charge on any atom is 0.0815 e. The molecule has 0 saturated carbocycles. The van der Waals surface area contributed by atoms with Crippen molar-refractivity contribution in [1.29, 1.82) is 10.5 Å². The Morgan fingerprint density at radius 3 is 1.71 bits per heavy atom. The van der Waals surface area contributed by atoms with Crippen molar-refractivity contribution in [3.8, 4) is 12.1 Å². The van der Waals surface area contributed by atoms with Crippen molar-refractivity contribution in [1.82, 2.24) is 0 Å². The van der Waals surface area contributed by atoms with Crippen LogP contribution in [0, 0.1) is 22.7 Å². The summed E-state index contributed by atoms with van der Waals surface area (Å²) in [7, 11) is 0. The maximum atomic E-state index is 7.50. The molecule has 0 aromatic carbocycles. The molecule has 0 aliphatic heterocycles. The lowest BCUT2D eigenvalue weighted by Gasteiger charge is -1.51. The first-order chi connectivity index (χ1) is 3.33. The molecular formula is C4H7N3. The Kier molecular flexibility index (Phi) is 27.2. The molecule has 0 fully saturated rings. The Morgan fingerprint density at radius 2 is 1.71 bits per heavy atom. The third-order valence-corrected chi connectivity index (χ3v) is 0.0913. The zero-order chi connectivity index (χ0) is 6.12. The third kappa shape index (κ3) is 11900. The molecule has 2 N–H and O–H groups in total. The summed E-state index contributed by atoms with van der Waals surface area (Å²) in [5.74, 6) is 0. The lowest BCUT2D eigenvalue weighted by molar-refractivity contribution is 1.25. The normalized spacial score (nSPS) is 4.00. The summed E-state index contributed by atoms with van der Waals surface area (Å²) in [6, 6.07) is 3.46. The second-order valence-corrected chi connectivity index (χ2v) is 0.586. The Labute approximate surface area is 43.0 Å². The molecule has 0 unspecified atom stereocenters. The largest absolute Gasteiger partial charge is 0.318 e. The molecule has 0 bridgehead atoms. The van der Waals surface area contributed by atoms with E-state index in [0.717, 1.165) is 0 Å². The summed E-state index contributed by atoms with van der Waals surface area (Å²) in [6.07, 6.45) is 0. The van der Waals surface area contributed by atoms with Crippen LogP contribution in [0.25, 0.3) is 0 Å². The smallest absolute Gasteiger partial charge is 0.0815 e. The highest BCUT2D eigenvalue weighted by molar-refractivity contribution is 4.67. The number of nitriles is 2. The maximum absolute atomic E-state index is 7.50. The zero-order valence-corrected chi connectivity index (χ0v) is 4.18. The summed E-state index contributed by atoms with van der Waals surface area (Å²) in [5, 5.41) is 14.8. The summed E-state index contributed by atoms with van der Waals surface area (Å²) in [5.41, 5.74) is 4.67. The van der Waals surface area contributed by atoms with Gasteiger partial charge in [0.2, 0.25) is 0 Å². The van der Waals surface area contributed by atoms with Crippen molar-refractivity contribution < 1.29 is 0 Å². The van der Waals surface area contributed by atoms with Gasteiger partial charge >= 0.3 is 0 Å². The highest BCUT2D eigenvalue weighted by Crippen LogP contribution is 1.25. The van der Waals surface area contributed by atoms with Crippen molar-refractivity contribution in [2.75, 3.05) is 6.54 Å². The zero-order valence-electron chi connectivity index (χ0n) is 4.18. The number of hydrogen-bond acceptors (Lipinski definition) is 3. The predicted molar refractivity (Wildman–Crippen MR) is 26.0 cm³/mol. The summed E-state index contributed by atoms with van der Waals surface area (Å²) in [6.45, 7) is 1.56. The topological polar surface area (TPSA) is 73.6 Å². The molecule has 0 saturated heterocycles. The number of hydrogen-bond donors (Lipinski definition) is 1. The van der Waals surface area contributed by atoms with Crippen LogP contribution in [-0.4, -0.2) is 6.54 Å². The summed E-state index contributed by atoms with van der Waals surface area (Å²) >= 11 is 0. The Balaban J connectivity index is 0. The molecule has 0 amide bonds. The van der Waals surface area contributed by atoms with Crippen LogP contribution in [0.1, 0.15) is 6.92 Å². The van der Waals surface area contributed by atoms with Gasteiger partial charge in [0.25, 0.3) is 0 Å². The van der Waals surface area contributed by atoms with Gasteiger partial charge in [0, 0.05) is 6.92 Å². The Hall–Kier alpha value is -1.06. The van der Waals surface area contributed by atoms with E-state index in [1.54, 1.807) is 12.1 Å². The van der Waals surface area contributed by atoms with E-state index in [1.807, 2.05) is 0 Å². The first-order valence-electron chi connectivity index (χ1n) is 1.71. The molecule has 0 spiro atoms. The minimum atomic E-state index is 0.125. The highest BCUT2D eigenvalue weighted by Gasteiger charge is 1.48. The molecule has 0 aromatic rings. The van der Waals surface area contributed by atoms with E-state index in [-0.39, 0.29) is 6.54 Å². The van der Waals surface area contributed by atoms with Crippen molar-refractivity contribution >= 4 is 0 Å². The lowest BCUT2D eigenvalue weighted by atomic mass is 10.8. The van der Waals surface area contributed by atoms with Crippen molar-refractivity contribution in [3.05, 3.63) is 0 Å². The fourth-order valence-electron chi connectivity index (χ4n) is 0. The van der Waals surface area contributed by atoms with Crippen molar-refractivity contribution in [2.24, 2.45) is 5.73 Å². The van der Waals surface area contributed by atoms with E-state index in [4.69, 9.17) is 10.5 Å². The van der Waals surface area contributed by atoms with E-state index in [2.05, 4.69) is 5.73 Å². The SMILES string of the molecule is CC#N.N#CCN. The molecule has 0 aliphatic carbocycles. The minimum Gasteiger partial charge on any atom is -0.318 e. The highest BCUT2D eigenvalue weighted by atomic mass is 14.5. The number of rotatable bonds is 0. The quantitative estimate of drug-likeness (QED) is 0.432. The fraction of sp³-hybridized carbons (Fsp3) is 0.500. The molecule has 0 atom stereocenters. The van der Waals surface area contributed by atoms with Crippen LogP contribution in [0.5, 0.6) is 0 Å². The van der Waals surface area contributed by atoms with E-state index in [0.29, 0.717) is 0 Å². The molecule has 0 aliphatic rings. The van der Waals surface area contributed by atoms with E-state index in [1.165, 1.54) is 6.92 Å². The van der Waals surface area contributed by atoms with Gasteiger partial charge in [0.1, 0.15) is 0 Å². The molecule has 3 nitrogen and oxygen atoms in total.